The highest BCUT2D eigenvalue weighted by Gasteiger charge is 2.31. The van der Waals surface area contributed by atoms with E-state index in [9.17, 15) is 4.79 Å². The van der Waals surface area contributed by atoms with Gasteiger partial charge >= 0.3 is 0 Å². The summed E-state index contributed by atoms with van der Waals surface area (Å²) >= 11 is 0. The van der Waals surface area contributed by atoms with Crippen LogP contribution in [0.1, 0.15) is 25.0 Å². The quantitative estimate of drug-likeness (QED) is 0.719. The van der Waals surface area contributed by atoms with Gasteiger partial charge in [0.05, 0.1) is 0 Å². The summed E-state index contributed by atoms with van der Waals surface area (Å²) in [5.41, 5.74) is 7.08. The number of Topliss-reactive ketones (excluding diaryl/α,β-unsaturated/α-hetero) is 1. The number of allylic oxidation sites excluding steroid dienone is 6. The van der Waals surface area contributed by atoms with Crippen LogP contribution >= 0.6 is 0 Å². The van der Waals surface area contributed by atoms with Crippen molar-refractivity contribution in [1.29, 1.82) is 0 Å². The summed E-state index contributed by atoms with van der Waals surface area (Å²) in [6.45, 7) is 7.78. The third kappa shape index (κ3) is 1.25. The van der Waals surface area contributed by atoms with Gasteiger partial charge in [-0.25, -0.2) is 0 Å². The summed E-state index contributed by atoms with van der Waals surface area (Å²) in [7, 11) is 0. The highest BCUT2D eigenvalue weighted by atomic mass is 16.1. The van der Waals surface area contributed by atoms with Gasteiger partial charge in [-0.15, -0.1) is 0 Å². The molecule has 0 atom stereocenters. The second-order valence-corrected chi connectivity index (χ2v) is 4.72. The second-order valence-electron chi connectivity index (χ2n) is 4.72. The van der Waals surface area contributed by atoms with Crippen LogP contribution in [0.3, 0.4) is 0 Å². The Morgan fingerprint density at radius 3 is 2.56 bits per heavy atom. The fraction of sp³-hybridized carbons (Fsp3) is 0.118. The SMILES string of the molecule is C=CC1=C2C(=Cc3ccccc32)C(=O)C(C)=C1C. The summed E-state index contributed by atoms with van der Waals surface area (Å²) in [5, 5.41) is 0. The fourth-order valence-electron chi connectivity index (χ4n) is 2.71. The number of ketones is 1. The topological polar surface area (TPSA) is 17.1 Å². The molecular formula is C17H14O. The molecule has 0 N–H and O–H groups in total. The van der Waals surface area contributed by atoms with Crippen LogP contribution in [0.4, 0.5) is 0 Å². The van der Waals surface area contributed by atoms with Gasteiger partial charge in [0.25, 0.3) is 0 Å². The van der Waals surface area contributed by atoms with Gasteiger partial charge in [-0.1, -0.05) is 36.9 Å². The Labute approximate surface area is 107 Å². The van der Waals surface area contributed by atoms with Gasteiger partial charge in [-0.2, -0.15) is 0 Å². The van der Waals surface area contributed by atoms with Crippen LogP contribution in [-0.2, 0) is 4.79 Å². The number of carbonyl (C=O) groups excluding carboxylic acids is 1. The van der Waals surface area contributed by atoms with Gasteiger partial charge < -0.3 is 0 Å². The van der Waals surface area contributed by atoms with Crippen molar-refractivity contribution < 1.29 is 4.79 Å². The standard InChI is InChI=1S/C17H14O/c1-4-13-10(2)11(3)17(18)15-9-12-7-5-6-8-14(12)16(13)15/h4-9H,1H2,2-3H3. The van der Waals surface area contributed by atoms with E-state index in [1.807, 2.05) is 44.2 Å². The number of hydrogen-bond donors (Lipinski definition) is 0. The van der Waals surface area contributed by atoms with Gasteiger partial charge in [-0.3, -0.25) is 4.79 Å². The minimum atomic E-state index is 0.143. The summed E-state index contributed by atoms with van der Waals surface area (Å²) in [5.74, 6) is 0.143. The summed E-state index contributed by atoms with van der Waals surface area (Å²) in [4.78, 5) is 12.4. The third-order valence-corrected chi connectivity index (χ3v) is 3.82. The van der Waals surface area contributed by atoms with E-state index in [1.165, 1.54) is 0 Å². The molecule has 0 saturated heterocycles. The van der Waals surface area contributed by atoms with Crippen LogP contribution in [0.2, 0.25) is 0 Å². The number of hydrogen-bond acceptors (Lipinski definition) is 1. The van der Waals surface area contributed by atoms with Crippen LogP contribution in [0, 0.1) is 0 Å². The molecule has 0 aromatic heterocycles. The van der Waals surface area contributed by atoms with Gasteiger partial charge in [0, 0.05) is 16.7 Å². The zero-order valence-electron chi connectivity index (χ0n) is 10.6. The number of rotatable bonds is 1. The zero-order chi connectivity index (χ0) is 12.9. The van der Waals surface area contributed by atoms with Gasteiger partial charge in [-0.05, 0) is 42.2 Å². The zero-order valence-corrected chi connectivity index (χ0v) is 10.6. The Morgan fingerprint density at radius 2 is 1.83 bits per heavy atom. The van der Waals surface area contributed by atoms with Gasteiger partial charge in [0.1, 0.15) is 0 Å². The molecule has 0 aliphatic heterocycles. The predicted molar refractivity (Wildman–Crippen MR) is 74.9 cm³/mol. The molecule has 0 radical (unpaired) electrons. The molecular weight excluding hydrogens is 220 g/mol. The molecule has 2 aliphatic carbocycles. The average molecular weight is 234 g/mol. The molecule has 2 aliphatic rings. The van der Waals surface area contributed by atoms with E-state index in [0.717, 1.165) is 39.0 Å². The number of carbonyl (C=O) groups is 1. The van der Waals surface area contributed by atoms with Gasteiger partial charge in [0.15, 0.2) is 5.78 Å². The van der Waals surface area contributed by atoms with Crippen molar-refractivity contribution in [3.63, 3.8) is 0 Å². The van der Waals surface area contributed by atoms with E-state index in [-0.39, 0.29) is 5.78 Å². The van der Waals surface area contributed by atoms with Crippen LogP contribution in [0.25, 0.3) is 11.6 Å². The van der Waals surface area contributed by atoms with Crippen molar-refractivity contribution >= 4 is 17.4 Å². The Balaban J connectivity index is 2.39. The van der Waals surface area contributed by atoms with Crippen molar-refractivity contribution in [2.75, 3.05) is 0 Å². The van der Waals surface area contributed by atoms with Gasteiger partial charge in [0.2, 0.25) is 0 Å². The van der Waals surface area contributed by atoms with E-state index in [0.29, 0.717) is 0 Å². The van der Waals surface area contributed by atoms with E-state index >= 15 is 0 Å². The van der Waals surface area contributed by atoms with Crippen LogP contribution in [0.5, 0.6) is 0 Å². The number of benzene rings is 1. The highest BCUT2D eigenvalue weighted by molar-refractivity contribution is 6.27. The maximum atomic E-state index is 12.4. The Morgan fingerprint density at radius 1 is 1.11 bits per heavy atom. The smallest absolute Gasteiger partial charge is 0.189 e. The molecule has 0 saturated carbocycles. The molecule has 0 heterocycles. The summed E-state index contributed by atoms with van der Waals surface area (Å²) in [6.07, 6.45) is 3.85. The first kappa shape index (κ1) is 11.0. The molecule has 1 heteroatoms. The fourth-order valence-corrected chi connectivity index (χ4v) is 2.71. The van der Waals surface area contributed by atoms with E-state index in [2.05, 4.69) is 12.6 Å². The molecule has 1 aromatic rings. The maximum absolute atomic E-state index is 12.4. The Bertz CT molecular complexity index is 681. The van der Waals surface area contributed by atoms with Crippen molar-refractivity contribution in [3.05, 3.63) is 70.3 Å². The largest absolute Gasteiger partial charge is 0.289 e. The van der Waals surface area contributed by atoms with Crippen molar-refractivity contribution in [1.82, 2.24) is 0 Å². The lowest BCUT2D eigenvalue weighted by atomic mass is 9.82. The van der Waals surface area contributed by atoms with E-state index in [1.54, 1.807) is 0 Å². The van der Waals surface area contributed by atoms with Crippen molar-refractivity contribution in [3.8, 4) is 0 Å². The number of fused-ring (bicyclic) bond motifs is 3. The summed E-state index contributed by atoms with van der Waals surface area (Å²) in [6, 6.07) is 8.12. The summed E-state index contributed by atoms with van der Waals surface area (Å²) < 4.78 is 0. The lowest BCUT2D eigenvalue weighted by Crippen LogP contribution is -2.12. The molecule has 3 rings (SSSR count). The lowest BCUT2D eigenvalue weighted by molar-refractivity contribution is -0.111. The molecule has 1 aromatic carbocycles. The molecule has 88 valence electrons. The molecule has 0 fully saturated rings. The lowest BCUT2D eigenvalue weighted by Gasteiger charge is -2.20. The Kier molecular flexibility index (Phi) is 2.24. The van der Waals surface area contributed by atoms with Crippen molar-refractivity contribution in [2.45, 2.75) is 13.8 Å². The average Bonchev–Trinajstić information content (AvgIpc) is 2.77. The maximum Gasteiger partial charge on any atom is 0.189 e. The highest BCUT2D eigenvalue weighted by Crippen LogP contribution is 2.44. The molecule has 0 bridgehead atoms. The molecule has 0 amide bonds. The van der Waals surface area contributed by atoms with Crippen LogP contribution in [-0.4, -0.2) is 5.78 Å². The monoisotopic (exact) mass is 234 g/mol. The van der Waals surface area contributed by atoms with Crippen LogP contribution in [0.15, 0.2) is 59.2 Å². The van der Waals surface area contributed by atoms with Crippen molar-refractivity contribution in [2.24, 2.45) is 0 Å². The molecule has 1 nitrogen and oxygen atoms in total. The van der Waals surface area contributed by atoms with Crippen LogP contribution < -0.4 is 0 Å². The first-order chi connectivity index (χ1) is 8.65. The normalized spacial score (nSPS) is 17.7. The predicted octanol–water partition coefficient (Wildman–Crippen LogP) is 3.94. The molecule has 0 unspecified atom stereocenters. The Hall–Kier alpha value is -2.15. The minimum absolute atomic E-state index is 0.143. The van der Waals surface area contributed by atoms with E-state index < -0.39 is 0 Å². The molecule has 0 spiro atoms. The minimum Gasteiger partial charge on any atom is -0.289 e. The third-order valence-electron chi connectivity index (χ3n) is 3.82. The first-order valence-electron chi connectivity index (χ1n) is 6.06. The second kappa shape index (κ2) is 3.67. The first-order valence-corrected chi connectivity index (χ1v) is 6.06. The molecule has 18 heavy (non-hydrogen) atoms. The van der Waals surface area contributed by atoms with E-state index in [4.69, 9.17) is 0 Å².